The highest BCUT2D eigenvalue weighted by Crippen LogP contribution is 2.27. The summed E-state index contributed by atoms with van der Waals surface area (Å²) in [6, 6.07) is 3.43. The van der Waals surface area contributed by atoms with Crippen molar-refractivity contribution < 1.29 is 28.7 Å². The smallest absolute Gasteiger partial charge is 0.464 e. The van der Waals surface area contributed by atoms with Crippen molar-refractivity contribution in [1.82, 2.24) is 5.32 Å². The Kier molecular flexibility index (Phi) is 5.12. The molecule has 0 aromatic heterocycles. The van der Waals surface area contributed by atoms with Crippen molar-refractivity contribution in [3.8, 4) is 0 Å². The minimum atomic E-state index is -1.01. The van der Waals surface area contributed by atoms with E-state index in [0.29, 0.717) is 36.4 Å². The number of nitrogens with one attached hydrogen (secondary N) is 1. The number of fused-ring (bicyclic) bond motifs is 1. The number of ether oxygens (including phenoxy) is 2. The third kappa shape index (κ3) is 3.86. The molecule has 0 aliphatic carbocycles. The normalized spacial score (nSPS) is 22.0. The van der Waals surface area contributed by atoms with E-state index in [9.17, 15) is 14.6 Å². The van der Waals surface area contributed by atoms with Gasteiger partial charge in [-0.1, -0.05) is 13.0 Å². The molecule has 134 valence electrons. The molecule has 0 bridgehead atoms. The van der Waals surface area contributed by atoms with E-state index in [0.717, 1.165) is 12.0 Å². The van der Waals surface area contributed by atoms with E-state index >= 15 is 0 Å². The molecule has 1 saturated heterocycles. The first kappa shape index (κ1) is 17.9. The van der Waals surface area contributed by atoms with Gasteiger partial charge in [-0.25, -0.2) is 0 Å². The molecule has 2 aliphatic rings. The van der Waals surface area contributed by atoms with Crippen molar-refractivity contribution in [2.45, 2.75) is 26.9 Å². The third-order valence-corrected chi connectivity index (χ3v) is 4.77. The van der Waals surface area contributed by atoms with Crippen LogP contribution in [-0.2, 0) is 25.5 Å². The Morgan fingerprint density at radius 1 is 1.44 bits per heavy atom. The first-order chi connectivity index (χ1) is 11.9. The van der Waals surface area contributed by atoms with Crippen LogP contribution in [0.2, 0.25) is 0 Å². The summed E-state index contributed by atoms with van der Waals surface area (Å²) in [4.78, 5) is 24.2. The molecular formula is C17H22BNO6. The SMILES string of the molecule is Cc1c(C(=O)NCC(=O)OCC2(C)CCOC2)ccc2c1B(O)OC2. The lowest BCUT2D eigenvalue weighted by molar-refractivity contribution is -0.145. The fraction of sp³-hybridized carbons (Fsp3) is 0.529. The highest BCUT2D eigenvalue weighted by Gasteiger charge is 2.32. The molecule has 3 rings (SSSR count). The minimum Gasteiger partial charge on any atom is -0.464 e. The molecule has 2 N–H and O–H groups in total. The Morgan fingerprint density at radius 2 is 2.24 bits per heavy atom. The largest absolute Gasteiger partial charge is 0.492 e. The molecule has 0 radical (unpaired) electrons. The van der Waals surface area contributed by atoms with Crippen LogP contribution in [0.25, 0.3) is 0 Å². The van der Waals surface area contributed by atoms with Gasteiger partial charge in [0.2, 0.25) is 0 Å². The number of carbonyl (C=O) groups is 2. The van der Waals surface area contributed by atoms with E-state index in [-0.39, 0.29) is 24.5 Å². The quantitative estimate of drug-likeness (QED) is 0.571. The van der Waals surface area contributed by atoms with Gasteiger partial charge in [-0.3, -0.25) is 9.59 Å². The van der Waals surface area contributed by atoms with Gasteiger partial charge in [-0.2, -0.15) is 0 Å². The molecule has 1 fully saturated rings. The molecule has 2 aliphatic heterocycles. The third-order valence-electron chi connectivity index (χ3n) is 4.77. The Morgan fingerprint density at radius 3 is 2.96 bits per heavy atom. The monoisotopic (exact) mass is 347 g/mol. The second-order valence-corrected chi connectivity index (χ2v) is 6.93. The van der Waals surface area contributed by atoms with E-state index in [1.54, 1.807) is 19.1 Å². The van der Waals surface area contributed by atoms with Gasteiger partial charge in [0.05, 0.1) is 19.8 Å². The van der Waals surface area contributed by atoms with Crippen molar-refractivity contribution in [3.05, 3.63) is 28.8 Å². The molecule has 1 aromatic carbocycles. The van der Waals surface area contributed by atoms with Gasteiger partial charge in [0, 0.05) is 17.6 Å². The fourth-order valence-corrected chi connectivity index (χ4v) is 3.13. The number of amides is 1. The predicted octanol–water partition coefficient (Wildman–Crippen LogP) is -0.0877. The van der Waals surface area contributed by atoms with Gasteiger partial charge < -0.3 is 24.5 Å². The molecule has 1 aromatic rings. The van der Waals surface area contributed by atoms with Crippen LogP contribution >= 0.6 is 0 Å². The molecule has 1 amide bonds. The maximum Gasteiger partial charge on any atom is 0.492 e. The Bertz CT molecular complexity index is 686. The summed E-state index contributed by atoms with van der Waals surface area (Å²) in [5, 5.41) is 12.4. The standard InChI is InChI=1S/C17H22BNO6/c1-11-13(4-3-12-8-25-18(22)15(11)12)16(21)19-7-14(20)24-10-17(2)5-6-23-9-17/h3-4,22H,5-10H2,1-2H3,(H,19,21). The van der Waals surface area contributed by atoms with Crippen LogP contribution in [0.3, 0.4) is 0 Å². The lowest BCUT2D eigenvalue weighted by Gasteiger charge is -2.21. The van der Waals surface area contributed by atoms with Crippen molar-refractivity contribution in [2.24, 2.45) is 5.41 Å². The van der Waals surface area contributed by atoms with Gasteiger partial charge in [0.1, 0.15) is 6.54 Å². The summed E-state index contributed by atoms with van der Waals surface area (Å²) >= 11 is 0. The molecule has 7 nitrogen and oxygen atoms in total. The lowest BCUT2D eigenvalue weighted by atomic mass is 9.75. The van der Waals surface area contributed by atoms with Crippen LogP contribution in [0, 0.1) is 12.3 Å². The van der Waals surface area contributed by atoms with Crippen LogP contribution in [0.5, 0.6) is 0 Å². The fourth-order valence-electron chi connectivity index (χ4n) is 3.13. The van der Waals surface area contributed by atoms with Crippen molar-refractivity contribution in [3.63, 3.8) is 0 Å². The van der Waals surface area contributed by atoms with Crippen LogP contribution in [0.1, 0.15) is 34.8 Å². The van der Waals surface area contributed by atoms with Gasteiger partial charge in [-0.15, -0.1) is 0 Å². The van der Waals surface area contributed by atoms with Crippen LogP contribution in [0.4, 0.5) is 0 Å². The molecule has 0 spiro atoms. The molecule has 8 heteroatoms. The first-order valence-corrected chi connectivity index (χ1v) is 8.33. The summed E-state index contributed by atoms with van der Waals surface area (Å²) < 4.78 is 15.7. The zero-order valence-corrected chi connectivity index (χ0v) is 14.5. The van der Waals surface area contributed by atoms with E-state index in [4.69, 9.17) is 14.1 Å². The topological polar surface area (TPSA) is 94.1 Å². The molecule has 1 unspecified atom stereocenters. The van der Waals surface area contributed by atoms with Gasteiger partial charge in [0.15, 0.2) is 0 Å². The zero-order valence-electron chi connectivity index (χ0n) is 14.5. The Balaban J connectivity index is 1.54. The van der Waals surface area contributed by atoms with Crippen molar-refractivity contribution >= 4 is 24.5 Å². The number of rotatable bonds is 5. The number of esters is 1. The predicted molar refractivity (Wildman–Crippen MR) is 90.4 cm³/mol. The Hall–Kier alpha value is -1.90. The van der Waals surface area contributed by atoms with Crippen LogP contribution in [0.15, 0.2) is 12.1 Å². The van der Waals surface area contributed by atoms with E-state index < -0.39 is 13.1 Å². The summed E-state index contributed by atoms with van der Waals surface area (Å²) in [5.41, 5.74) is 2.42. The number of benzene rings is 1. The van der Waals surface area contributed by atoms with E-state index in [1.165, 1.54) is 0 Å². The molecule has 1 atom stereocenters. The summed E-state index contributed by atoms with van der Waals surface area (Å²) in [6.45, 7) is 5.42. The first-order valence-electron chi connectivity index (χ1n) is 8.33. The summed E-state index contributed by atoms with van der Waals surface area (Å²) in [7, 11) is -1.01. The van der Waals surface area contributed by atoms with Gasteiger partial charge >= 0.3 is 13.1 Å². The van der Waals surface area contributed by atoms with Crippen molar-refractivity contribution in [2.75, 3.05) is 26.4 Å². The minimum absolute atomic E-state index is 0.146. The highest BCUT2D eigenvalue weighted by atomic mass is 16.5. The van der Waals surface area contributed by atoms with Crippen molar-refractivity contribution in [1.29, 1.82) is 0 Å². The van der Waals surface area contributed by atoms with E-state index in [2.05, 4.69) is 5.32 Å². The number of hydrogen-bond donors (Lipinski definition) is 2. The summed E-state index contributed by atoms with van der Waals surface area (Å²) in [5.74, 6) is -0.865. The molecule has 0 saturated carbocycles. The van der Waals surface area contributed by atoms with Crippen LogP contribution in [-0.4, -0.2) is 50.4 Å². The van der Waals surface area contributed by atoms with Gasteiger partial charge in [-0.05, 0) is 36.0 Å². The average Bonchev–Trinajstić information content (AvgIpc) is 3.18. The van der Waals surface area contributed by atoms with Gasteiger partial charge in [0.25, 0.3) is 5.91 Å². The molecular weight excluding hydrogens is 325 g/mol. The second-order valence-electron chi connectivity index (χ2n) is 6.93. The van der Waals surface area contributed by atoms with Crippen LogP contribution < -0.4 is 10.8 Å². The molecule has 2 heterocycles. The summed E-state index contributed by atoms with van der Waals surface area (Å²) in [6.07, 6.45) is 0.853. The number of hydrogen-bond acceptors (Lipinski definition) is 6. The Labute approximate surface area is 146 Å². The highest BCUT2D eigenvalue weighted by molar-refractivity contribution is 6.62. The van der Waals surface area contributed by atoms with E-state index in [1.807, 2.05) is 6.92 Å². The second kappa shape index (κ2) is 7.15. The average molecular weight is 347 g/mol. The maximum absolute atomic E-state index is 12.3. The maximum atomic E-state index is 12.3. The zero-order chi connectivity index (χ0) is 18.0. The molecule has 25 heavy (non-hydrogen) atoms. The number of carbonyl (C=O) groups excluding carboxylic acids is 2. The lowest BCUT2D eigenvalue weighted by Crippen LogP contribution is -2.36.